The van der Waals surface area contributed by atoms with Crippen LogP contribution in [0.1, 0.15) is 53.3 Å². The van der Waals surface area contributed by atoms with Gasteiger partial charge >= 0.3 is 5.97 Å². The Labute approximate surface area is 206 Å². The van der Waals surface area contributed by atoms with Crippen molar-refractivity contribution in [2.24, 2.45) is 0 Å². The number of nitrogens with one attached hydrogen (secondary N) is 2. The monoisotopic (exact) mass is 486 g/mol. The molecule has 0 amide bonds. The zero-order valence-corrected chi connectivity index (χ0v) is 20.5. The van der Waals surface area contributed by atoms with Crippen molar-refractivity contribution in [3.63, 3.8) is 0 Å². The number of H-pyrrole nitrogens is 1. The molecule has 0 aliphatic heterocycles. The van der Waals surface area contributed by atoms with Gasteiger partial charge in [-0.1, -0.05) is 5.16 Å². The first-order valence-electron chi connectivity index (χ1n) is 11.9. The maximum absolute atomic E-state index is 11.9. The molecule has 0 unspecified atom stereocenters. The lowest BCUT2D eigenvalue weighted by molar-refractivity contribution is 0.0691. The van der Waals surface area contributed by atoms with Crippen LogP contribution >= 0.6 is 0 Å². The Hall–Kier alpha value is -4.34. The molecule has 1 fully saturated rings. The number of methoxy groups -OCH3 is 1. The van der Waals surface area contributed by atoms with Gasteiger partial charge in [0.05, 0.1) is 35.1 Å². The molecule has 5 aromatic rings. The highest BCUT2D eigenvalue weighted by molar-refractivity contribution is 6.15. The Morgan fingerprint density at radius 3 is 2.72 bits per heavy atom. The largest absolute Gasteiger partial charge is 0.496 e. The van der Waals surface area contributed by atoms with Crippen molar-refractivity contribution in [3.05, 3.63) is 47.1 Å². The summed E-state index contributed by atoms with van der Waals surface area (Å²) in [7, 11) is 1.62. The molecule has 184 valence electrons. The third kappa shape index (κ3) is 3.48. The normalized spacial score (nSPS) is 13.6. The smallest absolute Gasteiger partial charge is 0.354 e. The zero-order valence-electron chi connectivity index (χ0n) is 20.5. The minimum absolute atomic E-state index is 0.0561. The highest BCUT2D eigenvalue weighted by atomic mass is 16.5. The first kappa shape index (κ1) is 22.1. The van der Waals surface area contributed by atoms with Gasteiger partial charge in [0.15, 0.2) is 5.69 Å². The first-order chi connectivity index (χ1) is 17.4. The van der Waals surface area contributed by atoms with Gasteiger partial charge in [-0.3, -0.25) is 0 Å². The van der Waals surface area contributed by atoms with Crippen molar-refractivity contribution in [2.75, 3.05) is 12.4 Å². The lowest BCUT2D eigenvalue weighted by Crippen LogP contribution is -2.06. The number of aromatic amines is 1. The molecule has 4 heterocycles. The SMILES string of the molecule is CCn1nc(C2CC2)cc1Nc1cc(C(=O)O)nc2[nH]c3cc(-c4c(C)noc4C)c(OC)cc3c12. The molecule has 4 aromatic heterocycles. The number of hydrogen-bond acceptors (Lipinski definition) is 7. The fourth-order valence-corrected chi connectivity index (χ4v) is 4.86. The second-order valence-corrected chi connectivity index (χ2v) is 9.18. The van der Waals surface area contributed by atoms with Crippen LogP contribution in [0.2, 0.25) is 0 Å². The number of fused-ring (bicyclic) bond motifs is 3. The van der Waals surface area contributed by atoms with E-state index in [0.29, 0.717) is 35.3 Å². The molecule has 1 aromatic carbocycles. The topological polar surface area (TPSA) is 131 Å². The van der Waals surface area contributed by atoms with Crippen LogP contribution in [0.15, 0.2) is 28.8 Å². The molecule has 1 aliphatic carbocycles. The van der Waals surface area contributed by atoms with E-state index >= 15 is 0 Å². The summed E-state index contributed by atoms with van der Waals surface area (Å²) in [5, 5.41) is 23.6. The molecule has 0 atom stereocenters. The molecule has 1 saturated carbocycles. The van der Waals surface area contributed by atoms with Gasteiger partial charge in [-0.25, -0.2) is 14.5 Å². The number of aromatic carboxylic acids is 1. The second kappa shape index (κ2) is 8.11. The quantitative estimate of drug-likeness (QED) is 0.274. The number of benzene rings is 1. The molecule has 36 heavy (non-hydrogen) atoms. The van der Waals surface area contributed by atoms with E-state index in [1.54, 1.807) is 13.2 Å². The summed E-state index contributed by atoms with van der Waals surface area (Å²) in [6.07, 6.45) is 2.30. The van der Waals surface area contributed by atoms with Crippen LogP contribution in [0.25, 0.3) is 33.1 Å². The Kier molecular flexibility index (Phi) is 4.99. The molecule has 0 saturated heterocycles. The summed E-state index contributed by atoms with van der Waals surface area (Å²) in [6, 6.07) is 7.53. The Morgan fingerprint density at radius 1 is 1.28 bits per heavy atom. The molecule has 1 aliphatic rings. The van der Waals surface area contributed by atoms with Crippen molar-refractivity contribution in [1.29, 1.82) is 0 Å². The zero-order chi connectivity index (χ0) is 25.1. The number of aryl methyl sites for hydroxylation is 3. The van der Waals surface area contributed by atoms with Crippen molar-refractivity contribution >= 4 is 39.4 Å². The fraction of sp³-hybridized carbons (Fsp3) is 0.308. The summed E-state index contributed by atoms with van der Waals surface area (Å²) >= 11 is 0. The van der Waals surface area contributed by atoms with Crippen LogP contribution in [0.5, 0.6) is 5.75 Å². The van der Waals surface area contributed by atoms with E-state index in [1.807, 2.05) is 37.6 Å². The van der Waals surface area contributed by atoms with E-state index in [9.17, 15) is 9.90 Å². The van der Waals surface area contributed by atoms with Gasteiger partial charge in [-0.2, -0.15) is 5.10 Å². The average molecular weight is 487 g/mol. The van der Waals surface area contributed by atoms with Crippen LogP contribution in [-0.4, -0.2) is 43.1 Å². The fourth-order valence-electron chi connectivity index (χ4n) is 4.86. The minimum atomic E-state index is -1.10. The van der Waals surface area contributed by atoms with Gasteiger partial charge in [0, 0.05) is 35.0 Å². The van der Waals surface area contributed by atoms with Crippen molar-refractivity contribution in [2.45, 2.75) is 46.1 Å². The third-order valence-electron chi connectivity index (χ3n) is 6.76. The van der Waals surface area contributed by atoms with Crippen LogP contribution in [0.4, 0.5) is 11.5 Å². The number of carboxylic acid groups (broad SMARTS) is 1. The number of hydrogen-bond donors (Lipinski definition) is 3. The number of carbonyl (C=O) groups is 1. The van der Waals surface area contributed by atoms with Crippen LogP contribution < -0.4 is 10.1 Å². The van der Waals surface area contributed by atoms with Crippen molar-refractivity contribution in [3.8, 4) is 16.9 Å². The van der Waals surface area contributed by atoms with E-state index in [4.69, 9.17) is 14.4 Å². The van der Waals surface area contributed by atoms with Gasteiger partial charge in [0.25, 0.3) is 0 Å². The van der Waals surface area contributed by atoms with Crippen LogP contribution in [0, 0.1) is 13.8 Å². The van der Waals surface area contributed by atoms with Gasteiger partial charge in [0.2, 0.25) is 0 Å². The third-order valence-corrected chi connectivity index (χ3v) is 6.76. The van der Waals surface area contributed by atoms with Crippen LogP contribution in [0.3, 0.4) is 0 Å². The molecular formula is C26H26N6O4. The lowest BCUT2D eigenvalue weighted by atomic mass is 10.0. The highest BCUT2D eigenvalue weighted by Crippen LogP contribution is 2.43. The Balaban J connectivity index is 1.57. The standard InChI is InChI=1S/C26H26N6O4/c1-5-32-22(11-17(30-32)14-6-7-14)27-19-10-20(26(33)34)29-25-24(19)15-9-21(35-4)16(8-18(15)28-25)23-12(2)31-36-13(23)3/h8-11,14H,5-7H2,1-4H3,(H,33,34)(H2,27,28,29). The van der Waals surface area contributed by atoms with Crippen LogP contribution in [-0.2, 0) is 6.54 Å². The summed E-state index contributed by atoms with van der Waals surface area (Å²) < 4.78 is 13.1. The molecule has 3 N–H and O–H groups in total. The maximum Gasteiger partial charge on any atom is 0.354 e. The minimum Gasteiger partial charge on any atom is -0.496 e. The number of rotatable bonds is 7. The number of anilines is 2. The Bertz CT molecular complexity index is 1640. The average Bonchev–Trinajstić information content (AvgIpc) is 3.41. The predicted molar refractivity (Wildman–Crippen MR) is 135 cm³/mol. The molecular weight excluding hydrogens is 460 g/mol. The number of ether oxygens (including phenoxy) is 1. The molecule has 10 nitrogen and oxygen atoms in total. The molecule has 6 rings (SSSR count). The van der Waals surface area contributed by atoms with Gasteiger partial charge in [-0.15, -0.1) is 0 Å². The summed E-state index contributed by atoms with van der Waals surface area (Å²) in [6.45, 7) is 6.47. The second-order valence-electron chi connectivity index (χ2n) is 9.18. The summed E-state index contributed by atoms with van der Waals surface area (Å²) in [5.74, 6) is 1.56. The molecule has 0 bridgehead atoms. The van der Waals surface area contributed by atoms with E-state index < -0.39 is 5.97 Å². The van der Waals surface area contributed by atoms with E-state index in [-0.39, 0.29) is 5.69 Å². The Morgan fingerprint density at radius 2 is 2.08 bits per heavy atom. The summed E-state index contributed by atoms with van der Waals surface area (Å²) in [4.78, 5) is 19.6. The van der Waals surface area contributed by atoms with E-state index in [1.165, 1.54) is 0 Å². The highest BCUT2D eigenvalue weighted by Gasteiger charge is 2.28. The molecule has 10 heteroatoms. The lowest BCUT2D eigenvalue weighted by Gasteiger charge is -2.11. The van der Waals surface area contributed by atoms with Gasteiger partial charge in [0.1, 0.15) is 23.0 Å². The van der Waals surface area contributed by atoms with Crippen molar-refractivity contribution in [1.82, 2.24) is 24.9 Å². The van der Waals surface area contributed by atoms with E-state index in [0.717, 1.165) is 57.5 Å². The van der Waals surface area contributed by atoms with Crippen molar-refractivity contribution < 1.29 is 19.2 Å². The summed E-state index contributed by atoms with van der Waals surface area (Å²) in [5.41, 5.74) is 5.36. The van der Waals surface area contributed by atoms with E-state index in [2.05, 4.69) is 26.5 Å². The van der Waals surface area contributed by atoms with Gasteiger partial charge in [-0.05, 0) is 51.8 Å². The number of nitrogens with zero attached hydrogens (tertiary/aromatic N) is 4. The number of carboxylic acids is 1. The predicted octanol–water partition coefficient (Wildman–Crippen LogP) is 5.53. The van der Waals surface area contributed by atoms with Gasteiger partial charge < -0.3 is 24.7 Å². The molecule has 0 spiro atoms. The maximum atomic E-state index is 11.9. The first-order valence-corrected chi connectivity index (χ1v) is 11.9. The molecule has 0 radical (unpaired) electrons. The number of pyridine rings is 1. The number of aromatic nitrogens is 5.